The molecule has 2 aromatic rings. The minimum atomic E-state index is -0.308. The van der Waals surface area contributed by atoms with Crippen molar-refractivity contribution in [3.8, 4) is 6.07 Å². The molecular formula is C24H23N3O2. The van der Waals surface area contributed by atoms with Crippen molar-refractivity contribution in [1.82, 2.24) is 4.90 Å². The van der Waals surface area contributed by atoms with Crippen molar-refractivity contribution in [1.29, 1.82) is 5.26 Å². The number of imide groups is 1. The first-order valence-corrected chi connectivity index (χ1v) is 9.95. The predicted molar refractivity (Wildman–Crippen MR) is 112 cm³/mol. The number of hydrogen-bond acceptors (Lipinski definition) is 4. The Morgan fingerprint density at radius 3 is 2.14 bits per heavy atom. The third-order valence-corrected chi connectivity index (χ3v) is 5.75. The Hall–Kier alpha value is -3.39. The molecular weight excluding hydrogens is 362 g/mol. The fourth-order valence-corrected chi connectivity index (χ4v) is 3.94. The van der Waals surface area contributed by atoms with Crippen LogP contribution in [0.3, 0.4) is 0 Å². The first-order chi connectivity index (χ1) is 14.0. The molecule has 2 aliphatic rings. The second-order valence-electron chi connectivity index (χ2n) is 7.86. The highest BCUT2D eigenvalue weighted by Crippen LogP contribution is 2.36. The van der Waals surface area contributed by atoms with Gasteiger partial charge in [-0.2, -0.15) is 5.26 Å². The van der Waals surface area contributed by atoms with E-state index in [1.165, 1.54) is 4.90 Å². The monoisotopic (exact) mass is 385 g/mol. The number of rotatable bonds is 3. The normalized spacial score (nSPS) is 17.8. The minimum Gasteiger partial charge on any atom is -0.366 e. The second-order valence-corrected chi connectivity index (χ2v) is 7.86. The van der Waals surface area contributed by atoms with Crippen LogP contribution < -0.4 is 4.90 Å². The molecule has 5 heteroatoms. The average Bonchev–Trinajstić information content (AvgIpc) is 2.99. The van der Waals surface area contributed by atoms with E-state index in [2.05, 4.69) is 17.9 Å². The van der Waals surface area contributed by atoms with Gasteiger partial charge in [-0.05, 0) is 55.5 Å². The molecule has 0 aromatic heterocycles. The standard InChI is InChI=1S/C24H23N3O2/c1-16-3-7-19(8-4-16)21-22(26-13-11-17(2)12-14-26)24(29)27(23(21)28)20-9-5-18(15-25)6-10-20/h3-10,17H,11-14H2,1-2H3. The summed E-state index contributed by atoms with van der Waals surface area (Å²) in [6, 6.07) is 16.4. The summed E-state index contributed by atoms with van der Waals surface area (Å²) >= 11 is 0. The quantitative estimate of drug-likeness (QED) is 0.752. The third kappa shape index (κ3) is 3.42. The summed E-state index contributed by atoms with van der Waals surface area (Å²) in [4.78, 5) is 30.2. The molecule has 0 N–H and O–H groups in total. The van der Waals surface area contributed by atoms with Gasteiger partial charge < -0.3 is 4.90 Å². The molecule has 1 fully saturated rings. The van der Waals surface area contributed by atoms with Gasteiger partial charge in [0.05, 0.1) is 22.9 Å². The molecule has 2 aliphatic heterocycles. The number of nitrogens with zero attached hydrogens (tertiary/aromatic N) is 3. The third-order valence-electron chi connectivity index (χ3n) is 5.75. The number of likely N-dealkylation sites (tertiary alicyclic amines) is 1. The minimum absolute atomic E-state index is 0.287. The smallest absolute Gasteiger partial charge is 0.282 e. The zero-order chi connectivity index (χ0) is 20.5. The van der Waals surface area contributed by atoms with E-state index < -0.39 is 0 Å². The summed E-state index contributed by atoms with van der Waals surface area (Å²) in [7, 11) is 0. The number of anilines is 1. The molecule has 0 aliphatic carbocycles. The molecule has 0 radical (unpaired) electrons. The maximum atomic E-state index is 13.4. The molecule has 2 amide bonds. The fourth-order valence-electron chi connectivity index (χ4n) is 3.94. The Kier molecular flexibility index (Phi) is 4.94. The number of nitriles is 1. The molecule has 0 atom stereocenters. The number of amides is 2. The van der Waals surface area contributed by atoms with Crippen molar-refractivity contribution in [2.75, 3.05) is 18.0 Å². The molecule has 0 unspecified atom stereocenters. The fraction of sp³-hybridized carbons (Fsp3) is 0.292. The SMILES string of the molecule is Cc1ccc(C2=C(N3CCC(C)CC3)C(=O)N(c3ccc(C#N)cc3)C2=O)cc1. The maximum absolute atomic E-state index is 13.4. The Labute approximate surface area is 170 Å². The number of aryl methyl sites for hydroxylation is 1. The second kappa shape index (κ2) is 7.56. The number of piperidine rings is 1. The van der Waals surface area contributed by atoms with Gasteiger partial charge >= 0.3 is 0 Å². The Bertz CT molecular complexity index is 1020. The van der Waals surface area contributed by atoms with Crippen LogP contribution in [0, 0.1) is 24.2 Å². The van der Waals surface area contributed by atoms with Crippen LogP contribution in [0.15, 0.2) is 54.2 Å². The van der Waals surface area contributed by atoms with Gasteiger partial charge in [-0.15, -0.1) is 0 Å². The van der Waals surface area contributed by atoms with Crippen LogP contribution in [-0.2, 0) is 9.59 Å². The summed E-state index contributed by atoms with van der Waals surface area (Å²) in [5, 5.41) is 9.03. The number of benzene rings is 2. The van der Waals surface area contributed by atoms with Gasteiger partial charge in [0.15, 0.2) is 0 Å². The maximum Gasteiger partial charge on any atom is 0.282 e. The lowest BCUT2D eigenvalue weighted by Crippen LogP contribution is -2.38. The molecule has 2 heterocycles. The van der Waals surface area contributed by atoms with E-state index >= 15 is 0 Å². The number of hydrogen-bond donors (Lipinski definition) is 0. The van der Waals surface area contributed by atoms with Gasteiger partial charge in [-0.1, -0.05) is 36.8 Å². The highest BCUT2D eigenvalue weighted by atomic mass is 16.2. The molecule has 4 rings (SSSR count). The lowest BCUT2D eigenvalue weighted by Gasteiger charge is -2.32. The molecule has 0 bridgehead atoms. The van der Waals surface area contributed by atoms with E-state index in [1.807, 2.05) is 31.2 Å². The van der Waals surface area contributed by atoms with Gasteiger partial charge in [-0.3, -0.25) is 9.59 Å². The van der Waals surface area contributed by atoms with Crippen LogP contribution in [0.5, 0.6) is 0 Å². The molecule has 5 nitrogen and oxygen atoms in total. The van der Waals surface area contributed by atoms with Gasteiger partial charge in [0, 0.05) is 13.1 Å². The van der Waals surface area contributed by atoms with Crippen molar-refractivity contribution >= 4 is 23.1 Å². The van der Waals surface area contributed by atoms with Crippen LogP contribution in [0.1, 0.15) is 36.5 Å². The molecule has 146 valence electrons. The predicted octanol–water partition coefficient (Wildman–Crippen LogP) is 3.88. The van der Waals surface area contributed by atoms with E-state index in [4.69, 9.17) is 5.26 Å². The molecule has 0 saturated carbocycles. The van der Waals surface area contributed by atoms with E-state index in [9.17, 15) is 9.59 Å². The summed E-state index contributed by atoms with van der Waals surface area (Å²) in [6.45, 7) is 5.76. The Balaban J connectivity index is 1.79. The van der Waals surface area contributed by atoms with E-state index in [1.54, 1.807) is 24.3 Å². The van der Waals surface area contributed by atoms with Crippen molar-refractivity contribution in [2.45, 2.75) is 26.7 Å². The van der Waals surface area contributed by atoms with Crippen molar-refractivity contribution in [3.05, 3.63) is 70.9 Å². The number of carbonyl (C=O) groups excluding carboxylic acids is 2. The molecule has 2 aromatic carbocycles. The molecule has 1 saturated heterocycles. The Morgan fingerprint density at radius 2 is 1.55 bits per heavy atom. The molecule has 29 heavy (non-hydrogen) atoms. The van der Waals surface area contributed by atoms with E-state index in [-0.39, 0.29) is 11.8 Å². The van der Waals surface area contributed by atoms with Crippen LogP contribution in [0.2, 0.25) is 0 Å². The highest BCUT2D eigenvalue weighted by molar-refractivity contribution is 6.45. The Morgan fingerprint density at radius 1 is 0.931 bits per heavy atom. The summed E-state index contributed by atoms with van der Waals surface area (Å²) < 4.78 is 0. The van der Waals surface area contributed by atoms with Crippen LogP contribution >= 0.6 is 0 Å². The molecule has 0 spiro atoms. The van der Waals surface area contributed by atoms with Crippen molar-refractivity contribution in [2.24, 2.45) is 5.92 Å². The van der Waals surface area contributed by atoms with Crippen molar-refractivity contribution in [3.63, 3.8) is 0 Å². The van der Waals surface area contributed by atoms with Gasteiger partial charge in [-0.25, -0.2) is 4.90 Å². The average molecular weight is 385 g/mol. The van der Waals surface area contributed by atoms with E-state index in [0.717, 1.165) is 37.1 Å². The van der Waals surface area contributed by atoms with Crippen LogP contribution in [0.25, 0.3) is 5.57 Å². The first-order valence-electron chi connectivity index (χ1n) is 9.95. The summed E-state index contributed by atoms with van der Waals surface area (Å²) in [6.07, 6.45) is 2.01. The summed E-state index contributed by atoms with van der Waals surface area (Å²) in [5.41, 5.74) is 3.81. The largest absolute Gasteiger partial charge is 0.366 e. The van der Waals surface area contributed by atoms with Gasteiger partial charge in [0.1, 0.15) is 5.70 Å². The van der Waals surface area contributed by atoms with Gasteiger partial charge in [0.25, 0.3) is 11.8 Å². The van der Waals surface area contributed by atoms with Crippen molar-refractivity contribution < 1.29 is 9.59 Å². The lowest BCUT2D eigenvalue weighted by molar-refractivity contribution is -0.120. The van der Waals surface area contributed by atoms with Crippen LogP contribution in [-0.4, -0.2) is 29.8 Å². The zero-order valence-electron chi connectivity index (χ0n) is 16.7. The number of carbonyl (C=O) groups is 2. The van der Waals surface area contributed by atoms with E-state index in [0.29, 0.717) is 28.4 Å². The lowest BCUT2D eigenvalue weighted by atomic mass is 9.97. The summed E-state index contributed by atoms with van der Waals surface area (Å²) in [5.74, 6) is 0.0264. The van der Waals surface area contributed by atoms with Gasteiger partial charge in [0.2, 0.25) is 0 Å². The zero-order valence-corrected chi connectivity index (χ0v) is 16.7. The topological polar surface area (TPSA) is 64.4 Å². The van der Waals surface area contributed by atoms with Crippen LogP contribution in [0.4, 0.5) is 5.69 Å². The highest BCUT2D eigenvalue weighted by Gasteiger charge is 2.42. The first kappa shape index (κ1) is 18.9.